The highest BCUT2D eigenvalue weighted by atomic mass is 33.1. The van der Waals surface area contributed by atoms with Crippen LogP contribution in [0.25, 0.3) is 10.4 Å². The molecule has 5 aliphatic heterocycles. The van der Waals surface area contributed by atoms with Crippen molar-refractivity contribution >= 4 is 74.7 Å². The van der Waals surface area contributed by atoms with Crippen LogP contribution in [0.3, 0.4) is 0 Å². The number of ether oxygens (including phenoxy) is 7. The van der Waals surface area contributed by atoms with Crippen molar-refractivity contribution in [3.63, 3.8) is 0 Å². The third-order valence-electron chi connectivity index (χ3n) is 21.0. The summed E-state index contributed by atoms with van der Waals surface area (Å²) >= 11 is 1.85. The summed E-state index contributed by atoms with van der Waals surface area (Å²) in [5, 5.41) is 70.1. The molecule has 0 bridgehead atoms. The van der Waals surface area contributed by atoms with E-state index in [4.69, 9.17) is 38.7 Å². The Morgan fingerprint density at radius 3 is 2.28 bits per heavy atom. The minimum Gasteiger partial charge on any atom is -0.459 e. The second-order valence-electron chi connectivity index (χ2n) is 28.8. The number of azide groups is 1. The molecule has 7 rings (SSSR count). The molecule has 31 heteroatoms. The minimum absolute atomic E-state index is 0.0444. The number of aliphatic hydroxyl groups excluding tert-OH is 2. The highest BCUT2D eigenvalue weighted by molar-refractivity contribution is 8.76. The number of methoxy groups -OCH3 is 1. The molecule has 0 spiro atoms. The SMILES string of the molecule is CC[C@H]1OC(=O)[C@H](C)[C@@H](O[C@H]2C[C@@](C)(OC)[C@@H](OCCCNC(=O)CCSSCCNC(=O)C(CCCCNC(=O)CCCCC3SCC4NC(=O)NC43)NC(=O)c3ccc(N=[N+]=[N-])cc3)[C@H](C)O2)[C@H](C)[C@@H](O[C@@H]2O[C@H](C)C[C@H](N(C)C)[C@H]2O)[C@]2(O)C[C@@]2(C)CN(C)[C@H](C)[C@@H](O)[C@]1(C)O. The summed E-state index contributed by atoms with van der Waals surface area (Å²) < 4.78 is 45.7. The van der Waals surface area contributed by atoms with Crippen molar-refractivity contribution in [1.29, 1.82) is 0 Å². The number of esters is 1. The summed E-state index contributed by atoms with van der Waals surface area (Å²) in [6.45, 7) is 17.7. The Morgan fingerprint density at radius 2 is 1.60 bits per heavy atom. The third kappa shape index (κ3) is 21.7. The molecular formula is C68H113N11O17S3. The first-order valence-electron chi connectivity index (χ1n) is 35.3. The van der Waals surface area contributed by atoms with E-state index >= 15 is 0 Å². The van der Waals surface area contributed by atoms with Crippen LogP contribution in [0, 0.1) is 17.3 Å². The second kappa shape index (κ2) is 37.4. The third-order valence-corrected chi connectivity index (χ3v) is 24.9. The van der Waals surface area contributed by atoms with Crippen molar-refractivity contribution in [3.8, 4) is 0 Å². The summed E-state index contributed by atoms with van der Waals surface area (Å²) in [4.78, 5) is 85.4. The van der Waals surface area contributed by atoms with Crippen LogP contribution in [-0.2, 0) is 52.3 Å². The van der Waals surface area contributed by atoms with Crippen LogP contribution >= 0.6 is 33.3 Å². The molecule has 28 nitrogen and oxygen atoms in total. The number of amides is 6. The number of nitrogens with one attached hydrogen (secondary N) is 6. The van der Waals surface area contributed by atoms with Gasteiger partial charge >= 0.3 is 12.0 Å². The molecule has 1 aromatic carbocycles. The average molecular weight is 1450 g/mol. The number of urea groups is 1. The maximum Gasteiger partial charge on any atom is 0.315 e. The summed E-state index contributed by atoms with van der Waals surface area (Å²) in [5.41, 5.74) is 4.20. The Kier molecular flexibility index (Phi) is 31.0. The second-order valence-corrected chi connectivity index (χ2v) is 32.8. The zero-order valence-corrected chi connectivity index (χ0v) is 62.6. The van der Waals surface area contributed by atoms with E-state index in [1.54, 1.807) is 27.9 Å². The van der Waals surface area contributed by atoms with Crippen molar-refractivity contribution in [2.75, 3.05) is 78.3 Å². The lowest BCUT2D eigenvalue weighted by Crippen LogP contribution is -2.61. The maximum absolute atomic E-state index is 14.6. The van der Waals surface area contributed by atoms with Gasteiger partial charge in [-0.15, -0.1) is 0 Å². The van der Waals surface area contributed by atoms with Crippen molar-refractivity contribution in [2.45, 2.75) is 259 Å². The van der Waals surface area contributed by atoms with Gasteiger partial charge < -0.3 is 95.3 Å². The van der Waals surface area contributed by atoms with Gasteiger partial charge in [-0.3, -0.25) is 24.0 Å². The number of hydrogen-bond donors (Lipinski definition) is 10. The van der Waals surface area contributed by atoms with Gasteiger partial charge in [0.25, 0.3) is 5.91 Å². The van der Waals surface area contributed by atoms with Gasteiger partial charge in [-0.1, -0.05) is 66.0 Å². The molecule has 6 aliphatic rings. The molecule has 5 saturated heterocycles. The maximum atomic E-state index is 14.6. The molecule has 6 fully saturated rings. The molecule has 10 N–H and O–H groups in total. The van der Waals surface area contributed by atoms with E-state index in [1.807, 2.05) is 77.3 Å². The molecule has 4 unspecified atom stereocenters. The molecule has 1 aromatic rings. The van der Waals surface area contributed by atoms with Gasteiger partial charge in [0.05, 0.1) is 53.6 Å². The molecule has 1 saturated carbocycles. The Hall–Kier alpha value is -4.28. The number of aliphatic hydroxyl groups is 4. The lowest BCUT2D eigenvalue weighted by Gasteiger charge is -2.49. The first-order valence-corrected chi connectivity index (χ1v) is 38.8. The number of fused-ring (bicyclic) bond motifs is 2. The van der Waals surface area contributed by atoms with Gasteiger partial charge in [-0.25, -0.2) is 4.79 Å². The van der Waals surface area contributed by atoms with Gasteiger partial charge in [-0.2, -0.15) is 11.8 Å². The number of rotatable bonds is 33. The van der Waals surface area contributed by atoms with Crippen molar-refractivity contribution in [2.24, 2.45) is 22.4 Å². The Labute approximate surface area is 596 Å². The van der Waals surface area contributed by atoms with Crippen molar-refractivity contribution < 1.29 is 82.4 Å². The summed E-state index contributed by atoms with van der Waals surface area (Å²) in [6, 6.07) is 4.45. The van der Waals surface area contributed by atoms with E-state index in [9.17, 15) is 49.2 Å². The Balaban J connectivity index is 0.858. The number of benzene rings is 1. The van der Waals surface area contributed by atoms with E-state index in [2.05, 4.69) is 41.9 Å². The zero-order valence-electron chi connectivity index (χ0n) is 60.1. The Morgan fingerprint density at radius 1 is 0.899 bits per heavy atom. The molecule has 5 heterocycles. The molecule has 6 amide bonds. The van der Waals surface area contributed by atoms with Crippen molar-refractivity contribution in [3.05, 3.63) is 40.3 Å². The fraction of sp³-hybridized carbons (Fsp3) is 0.824. The smallest absolute Gasteiger partial charge is 0.315 e. The number of cyclic esters (lactones) is 1. The van der Waals surface area contributed by atoms with Crippen LogP contribution in [0.1, 0.15) is 156 Å². The first kappa shape index (κ1) is 82.0. The number of carbonyl (C=O) groups excluding carboxylic acids is 6. The quantitative estimate of drug-likeness (QED) is 0.00797. The van der Waals surface area contributed by atoms with Gasteiger partial charge in [0.15, 0.2) is 12.6 Å². The van der Waals surface area contributed by atoms with Gasteiger partial charge in [0, 0.05) is 121 Å². The van der Waals surface area contributed by atoms with Crippen LogP contribution in [0.15, 0.2) is 29.4 Å². The number of unbranched alkanes of at least 4 members (excludes halogenated alkanes) is 2. The minimum atomic E-state index is -1.87. The van der Waals surface area contributed by atoms with Gasteiger partial charge in [0.2, 0.25) is 17.7 Å². The van der Waals surface area contributed by atoms with Crippen LogP contribution in [0.4, 0.5) is 10.5 Å². The highest BCUT2D eigenvalue weighted by Crippen LogP contribution is 2.61. The van der Waals surface area contributed by atoms with E-state index in [1.165, 1.54) is 52.8 Å². The van der Waals surface area contributed by atoms with Crippen LogP contribution < -0.4 is 31.9 Å². The standard InChI is InChI=1S/C68H113N11O17S3/c1-14-50-67(9,88)57(83)42(5)79(12)38-65(7)37-68(65,89)58(96-63-55(82)48(78(10)11)34-39(2)92-63)40(3)56(41(4)62(86)94-50)95-53-35-66(8,90-13)59(43(6)93-53)91-31-19-29-71-52(81)27-32-98-99-33-30-72-61(85)46(73-60(84)44-23-25-45(26-24-44)76-77-69)20-17-18-28-70-51(80)22-16-15-21-49-54-47(36-97-49)74-64(87)75-54/h23-26,39-43,46-50,53-59,63,82-83,88-89H,14-22,27-38H2,1-13H3,(H,70,80)(H,71,81)(H,72,85)(H,73,84)(H2,74,75,87)/t39-,40+,41-,42-,43+,46?,47?,48+,49?,50-,53+,54?,55-,56+,57-,58-,59+,63+,65+,66-,67-,68-/m1/s1. The van der Waals surface area contributed by atoms with E-state index in [0.29, 0.717) is 92.7 Å². The number of carbonyl (C=O) groups is 6. The normalized spacial score (nSPS) is 36.0. The molecule has 560 valence electrons. The van der Waals surface area contributed by atoms with E-state index in [0.717, 1.165) is 25.0 Å². The molecule has 22 atom stereocenters. The van der Waals surface area contributed by atoms with E-state index in [-0.39, 0.29) is 80.3 Å². The van der Waals surface area contributed by atoms with E-state index < -0.39 is 113 Å². The van der Waals surface area contributed by atoms with Gasteiger partial charge in [-0.05, 0) is 138 Å². The number of nitrogens with zero attached hydrogens (tertiary/aromatic N) is 5. The number of hydrogen-bond acceptors (Lipinski definition) is 23. The van der Waals surface area contributed by atoms with Crippen LogP contribution in [-0.4, -0.2) is 258 Å². The molecule has 0 radical (unpaired) electrons. The number of thioether (sulfide) groups is 1. The molecule has 1 aliphatic carbocycles. The summed E-state index contributed by atoms with van der Waals surface area (Å²) in [7, 11) is 10.2. The lowest BCUT2D eigenvalue weighted by molar-refractivity contribution is -0.317. The monoisotopic (exact) mass is 1450 g/mol. The van der Waals surface area contributed by atoms with Crippen LogP contribution in [0.5, 0.6) is 0 Å². The fourth-order valence-electron chi connectivity index (χ4n) is 14.7. The fourth-order valence-corrected chi connectivity index (χ4v) is 18.1. The summed E-state index contributed by atoms with van der Waals surface area (Å²) in [5.74, 6) is -1.61. The highest BCUT2D eigenvalue weighted by Gasteiger charge is 2.71. The van der Waals surface area contributed by atoms with Gasteiger partial charge in [0.1, 0.15) is 36.1 Å². The first-order chi connectivity index (χ1) is 46.9. The summed E-state index contributed by atoms with van der Waals surface area (Å²) in [6.07, 6.45) is -3.06. The van der Waals surface area contributed by atoms with Crippen molar-refractivity contribution in [1.82, 2.24) is 41.7 Å². The lowest BCUT2D eigenvalue weighted by atomic mass is 9.81. The predicted octanol–water partition coefficient (Wildman–Crippen LogP) is 5.44. The molecular weight excluding hydrogens is 1340 g/mol. The zero-order chi connectivity index (χ0) is 72.6. The molecule has 99 heavy (non-hydrogen) atoms. The van der Waals surface area contributed by atoms with Crippen LogP contribution in [0.2, 0.25) is 0 Å². The predicted molar refractivity (Wildman–Crippen MR) is 379 cm³/mol. The Bertz CT molecular complexity index is 2870. The average Bonchev–Trinajstić information content (AvgIpc) is 1.54. The topological polar surface area (TPSA) is 375 Å². The largest absolute Gasteiger partial charge is 0.459 e. The number of likely N-dealkylation sites (N-methyl/N-ethyl adjacent to an activating group) is 2. The molecule has 0 aromatic heterocycles.